The monoisotopic (exact) mass is 265 g/mol. The maximum absolute atomic E-state index is 9.24. The van der Waals surface area contributed by atoms with Crippen LogP contribution in [0.15, 0.2) is 12.1 Å². The molecule has 19 heavy (non-hydrogen) atoms. The van der Waals surface area contributed by atoms with Crippen molar-refractivity contribution in [3.8, 4) is 5.88 Å². The minimum atomic E-state index is -0.322. The first-order chi connectivity index (χ1) is 8.83. The predicted octanol–water partition coefficient (Wildman–Crippen LogP) is 2.02. The number of rotatable bonds is 4. The minimum absolute atomic E-state index is 0.119. The Morgan fingerprint density at radius 1 is 1.42 bits per heavy atom. The minimum Gasteiger partial charge on any atom is -0.470 e. The van der Waals surface area contributed by atoms with Crippen LogP contribution in [0.2, 0.25) is 0 Å². The number of nitrogens with zero attached hydrogens (tertiary/aromatic N) is 1. The van der Waals surface area contributed by atoms with Gasteiger partial charge in [0.15, 0.2) is 0 Å². The lowest BCUT2D eigenvalue weighted by Gasteiger charge is -2.31. The Bertz CT molecular complexity index is 437. The van der Waals surface area contributed by atoms with E-state index >= 15 is 0 Å². The molecule has 106 valence electrons. The van der Waals surface area contributed by atoms with Crippen molar-refractivity contribution in [2.24, 2.45) is 5.92 Å². The van der Waals surface area contributed by atoms with Crippen LogP contribution in [-0.4, -0.2) is 28.3 Å². The van der Waals surface area contributed by atoms with E-state index in [1.807, 2.05) is 26.8 Å². The third-order valence-electron chi connectivity index (χ3n) is 3.08. The lowest BCUT2D eigenvalue weighted by atomic mass is 9.82. The highest BCUT2D eigenvalue weighted by atomic mass is 16.5. The van der Waals surface area contributed by atoms with Crippen molar-refractivity contribution in [1.82, 2.24) is 4.98 Å². The van der Waals surface area contributed by atoms with Gasteiger partial charge in [0.25, 0.3) is 0 Å². The molecular weight excluding hydrogens is 242 g/mol. The number of aliphatic hydroxyl groups is 1. The average molecular weight is 265 g/mol. The van der Waals surface area contributed by atoms with Gasteiger partial charge in [-0.25, -0.2) is 0 Å². The first kappa shape index (κ1) is 13.9. The molecule has 2 rings (SSSR count). The Morgan fingerprint density at radius 3 is 2.68 bits per heavy atom. The molecule has 1 aliphatic rings. The van der Waals surface area contributed by atoms with Gasteiger partial charge in [-0.3, -0.25) is 0 Å². The standard InChI is InChI=1S/C14H23N3O2/c1-14(2,3)19-13-11(15)4-5-12(17-13)16-8-9-6-10(18)7-9/h4-5,9-10,18H,6-8,15H2,1-3H3,(H,16,17). The van der Waals surface area contributed by atoms with Crippen LogP contribution in [0, 0.1) is 5.92 Å². The van der Waals surface area contributed by atoms with Crippen LogP contribution >= 0.6 is 0 Å². The predicted molar refractivity (Wildman–Crippen MR) is 76.3 cm³/mol. The van der Waals surface area contributed by atoms with Gasteiger partial charge in [-0.05, 0) is 51.7 Å². The molecule has 0 atom stereocenters. The molecule has 4 N–H and O–H groups in total. The van der Waals surface area contributed by atoms with Crippen LogP contribution in [0.1, 0.15) is 33.6 Å². The molecule has 0 saturated heterocycles. The van der Waals surface area contributed by atoms with Gasteiger partial charge in [0.2, 0.25) is 5.88 Å². The molecule has 0 aliphatic heterocycles. The summed E-state index contributed by atoms with van der Waals surface area (Å²) in [6.45, 7) is 6.71. The fraction of sp³-hybridized carbons (Fsp3) is 0.643. The number of pyridine rings is 1. The lowest BCUT2D eigenvalue weighted by molar-refractivity contribution is 0.0486. The van der Waals surface area contributed by atoms with Crippen molar-refractivity contribution >= 4 is 11.5 Å². The number of hydrogen-bond acceptors (Lipinski definition) is 5. The molecule has 0 unspecified atom stereocenters. The van der Waals surface area contributed by atoms with Crippen molar-refractivity contribution in [3.05, 3.63) is 12.1 Å². The zero-order chi connectivity index (χ0) is 14.0. The van der Waals surface area contributed by atoms with Gasteiger partial charge in [-0.15, -0.1) is 0 Å². The summed E-state index contributed by atoms with van der Waals surface area (Å²) in [6, 6.07) is 3.64. The molecule has 5 heteroatoms. The summed E-state index contributed by atoms with van der Waals surface area (Å²) in [4.78, 5) is 4.39. The van der Waals surface area contributed by atoms with Gasteiger partial charge in [0.05, 0.1) is 11.8 Å². The zero-order valence-corrected chi connectivity index (χ0v) is 11.8. The van der Waals surface area contributed by atoms with Gasteiger partial charge in [-0.2, -0.15) is 4.98 Å². The lowest BCUT2D eigenvalue weighted by Crippen LogP contribution is -2.33. The van der Waals surface area contributed by atoms with E-state index in [1.165, 1.54) is 0 Å². The normalized spacial score (nSPS) is 22.7. The Morgan fingerprint density at radius 2 is 2.11 bits per heavy atom. The molecule has 0 aromatic carbocycles. The maximum atomic E-state index is 9.24. The quantitative estimate of drug-likeness (QED) is 0.776. The van der Waals surface area contributed by atoms with E-state index in [-0.39, 0.29) is 11.7 Å². The van der Waals surface area contributed by atoms with E-state index in [4.69, 9.17) is 10.5 Å². The van der Waals surface area contributed by atoms with E-state index in [1.54, 1.807) is 6.07 Å². The SMILES string of the molecule is CC(C)(C)Oc1nc(NCC2CC(O)C2)ccc1N. The Labute approximate surface area is 114 Å². The van der Waals surface area contributed by atoms with E-state index < -0.39 is 0 Å². The summed E-state index contributed by atoms with van der Waals surface area (Å²) in [5.41, 5.74) is 6.08. The number of anilines is 2. The summed E-state index contributed by atoms with van der Waals surface area (Å²) in [5, 5.41) is 12.5. The van der Waals surface area contributed by atoms with Gasteiger partial charge >= 0.3 is 0 Å². The highest BCUT2D eigenvalue weighted by molar-refractivity contribution is 5.53. The first-order valence-corrected chi connectivity index (χ1v) is 6.71. The van der Waals surface area contributed by atoms with Crippen LogP contribution in [0.25, 0.3) is 0 Å². The summed E-state index contributed by atoms with van der Waals surface area (Å²) in [6.07, 6.45) is 1.62. The smallest absolute Gasteiger partial charge is 0.239 e. The summed E-state index contributed by atoms with van der Waals surface area (Å²) >= 11 is 0. The fourth-order valence-corrected chi connectivity index (χ4v) is 2.04. The van der Waals surface area contributed by atoms with Crippen molar-refractivity contribution in [3.63, 3.8) is 0 Å². The summed E-state index contributed by atoms with van der Waals surface area (Å²) in [5.74, 6) is 1.75. The summed E-state index contributed by atoms with van der Waals surface area (Å²) in [7, 11) is 0. The maximum Gasteiger partial charge on any atom is 0.239 e. The molecule has 0 amide bonds. The molecule has 0 spiro atoms. The van der Waals surface area contributed by atoms with E-state index in [0.29, 0.717) is 17.5 Å². The van der Waals surface area contributed by atoms with E-state index in [2.05, 4.69) is 10.3 Å². The van der Waals surface area contributed by atoms with Crippen LogP contribution in [-0.2, 0) is 0 Å². The van der Waals surface area contributed by atoms with Gasteiger partial charge in [0.1, 0.15) is 11.4 Å². The van der Waals surface area contributed by atoms with E-state index in [9.17, 15) is 5.11 Å². The average Bonchev–Trinajstić information content (AvgIpc) is 2.25. The third-order valence-corrected chi connectivity index (χ3v) is 3.08. The topological polar surface area (TPSA) is 80.4 Å². The second kappa shape index (κ2) is 5.25. The van der Waals surface area contributed by atoms with E-state index in [0.717, 1.165) is 25.2 Å². The number of nitrogens with two attached hydrogens (primary N) is 1. The van der Waals surface area contributed by atoms with Crippen LogP contribution < -0.4 is 15.8 Å². The molecule has 1 aromatic rings. The molecule has 1 saturated carbocycles. The Kier molecular flexibility index (Phi) is 3.85. The number of ether oxygens (including phenoxy) is 1. The van der Waals surface area contributed by atoms with Crippen molar-refractivity contribution in [1.29, 1.82) is 0 Å². The highest BCUT2D eigenvalue weighted by Crippen LogP contribution is 2.28. The van der Waals surface area contributed by atoms with Gasteiger partial charge < -0.3 is 20.9 Å². The molecule has 1 aliphatic carbocycles. The number of nitrogen functional groups attached to an aromatic ring is 1. The van der Waals surface area contributed by atoms with Crippen LogP contribution in [0.5, 0.6) is 5.88 Å². The van der Waals surface area contributed by atoms with Crippen molar-refractivity contribution < 1.29 is 9.84 Å². The molecule has 1 heterocycles. The molecular formula is C14H23N3O2. The Hall–Kier alpha value is -1.49. The van der Waals surface area contributed by atoms with Crippen LogP contribution in [0.4, 0.5) is 11.5 Å². The fourth-order valence-electron chi connectivity index (χ4n) is 2.04. The number of aromatic nitrogens is 1. The number of aliphatic hydroxyl groups excluding tert-OH is 1. The molecule has 1 aromatic heterocycles. The van der Waals surface area contributed by atoms with Crippen LogP contribution in [0.3, 0.4) is 0 Å². The molecule has 1 fully saturated rings. The second-order valence-corrected chi connectivity index (χ2v) is 6.18. The molecule has 5 nitrogen and oxygen atoms in total. The first-order valence-electron chi connectivity index (χ1n) is 6.71. The van der Waals surface area contributed by atoms with Gasteiger partial charge in [0, 0.05) is 6.54 Å². The number of nitrogens with one attached hydrogen (secondary N) is 1. The van der Waals surface area contributed by atoms with Crippen molar-refractivity contribution in [2.75, 3.05) is 17.6 Å². The largest absolute Gasteiger partial charge is 0.470 e. The second-order valence-electron chi connectivity index (χ2n) is 6.18. The van der Waals surface area contributed by atoms with Gasteiger partial charge in [-0.1, -0.05) is 0 Å². The molecule has 0 radical (unpaired) electrons. The Balaban J connectivity index is 1.95. The highest BCUT2D eigenvalue weighted by Gasteiger charge is 2.26. The summed E-state index contributed by atoms with van der Waals surface area (Å²) < 4.78 is 5.72. The zero-order valence-electron chi connectivity index (χ0n) is 11.8. The molecule has 0 bridgehead atoms. The van der Waals surface area contributed by atoms with Crippen molar-refractivity contribution in [2.45, 2.75) is 45.3 Å². The third kappa shape index (κ3) is 3.99. The number of hydrogen-bond donors (Lipinski definition) is 3.